The van der Waals surface area contributed by atoms with E-state index in [9.17, 15) is 4.79 Å². The number of esters is 1. The van der Waals surface area contributed by atoms with E-state index in [1.165, 1.54) is 44.8 Å². The highest BCUT2D eigenvalue weighted by Gasteiger charge is 2.16. The minimum Gasteiger partial charge on any atom is -0.465 e. The van der Waals surface area contributed by atoms with Gasteiger partial charge in [-0.1, -0.05) is 55.7 Å². The van der Waals surface area contributed by atoms with Gasteiger partial charge in [0.1, 0.15) is 0 Å². The topological polar surface area (TPSA) is 56.0 Å². The third kappa shape index (κ3) is 4.85. The highest BCUT2D eigenvalue weighted by Crippen LogP contribution is 2.33. The van der Waals surface area contributed by atoms with E-state index in [2.05, 4.69) is 39.7 Å². The summed E-state index contributed by atoms with van der Waals surface area (Å²) in [6.45, 7) is 0. The maximum Gasteiger partial charge on any atom is 0.337 e. The van der Waals surface area contributed by atoms with Gasteiger partial charge in [0.25, 0.3) is 0 Å². The Morgan fingerprint density at radius 3 is 2.42 bits per heavy atom. The highest BCUT2D eigenvalue weighted by molar-refractivity contribution is 7.07. The number of carbonyl (C=O) groups excluding carboxylic acids is 1. The Balaban J connectivity index is 1.59. The molecule has 2 aromatic carbocycles. The van der Waals surface area contributed by atoms with Crippen molar-refractivity contribution in [3.8, 4) is 11.3 Å². The van der Waals surface area contributed by atoms with Gasteiger partial charge in [-0.2, -0.15) is 5.10 Å². The van der Waals surface area contributed by atoms with E-state index in [0.717, 1.165) is 21.6 Å². The van der Waals surface area contributed by atoms with Crippen LogP contribution in [0.1, 0.15) is 59.5 Å². The summed E-state index contributed by atoms with van der Waals surface area (Å²) in [5.41, 5.74) is 5.00. The van der Waals surface area contributed by atoms with Gasteiger partial charge < -0.3 is 4.74 Å². The zero-order chi connectivity index (χ0) is 21.6. The van der Waals surface area contributed by atoms with Gasteiger partial charge in [-0.05, 0) is 42.0 Å². The molecule has 1 saturated carbocycles. The second-order valence-corrected chi connectivity index (χ2v) is 8.59. The number of ether oxygens (including phenoxy) is 1. The average molecular weight is 434 g/mol. The van der Waals surface area contributed by atoms with Crippen LogP contribution in [0.15, 0.2) is 64.0 Å². The summed E-state index contributed by atoms with van der Waals surface area (Å²) >= 11 is 1.57. The van der Waals surface area contributed by atoms with Gasteiger partial charge in [-0.3, -0.25) is 4.99 Å². The van der Waals surface area contributed by atoms with Crippen molar-refractivity contribution in [3.63, 3.8) is 0 Å². The molecule has 0 aliphatic heterocycles. The fourth-order valence-corrected chi connectivity index (χ4v) is 4.87. The van der Waals surface area contributed by atoms with Gasteiger partial charge in [0.2, 0.25) is 4.80 Å². The van der Waals surface area contributed by atoms with Crippen molar-refractivity contribution in [3.05, 3.63) is 75.4 Å². The zero-order valence-electron chi connectivity index (χ0n) is 18.0. The van der Waals surface area contributed by atoms with Crippen molar-refractivity contribution in [2.24, 2.45) is 10.1 Å². The maximum absolute atomic E-state index is 11.6. The highest BCUT2D eigenvalue weighted by atomic mass is 32.1. The number of aromatic nitrogens is 1. The molecular formula is C25H27N3O2S. The lowest BCUT2D eigenvalue weighted by Crippen LogP contribution is -2.11. The minimum absolute atomic E-state index is 0.346. The molecule has 0 spiro atoms. The molecule has 1 heterocycles. The van der Waals surface area contributed by atoms with Crippen LogP contribution in [0, 0.1) is 0 Å². The Labute approximate surface area is 186 Å². The summed E-state index contributed by atoms with van der Waals surface area (Å²) in [5, 5.41) is 6.78. The van der Waals surface area contributed by atoms with Crippen LogP contribution < -0.4 is 4.80 Å². The number of nitrogens with zero attached hydrogens (tertiary/aromatic N) is 3. The van der Waals surface area contributed by atoms with Crippen LogP contribution in [0.4, 0.5) is 0 Å². The summed E-state index contributed by atoms with van der Waals surface area (Å²) in [4.78, 5) is 16.8. The fraction of sp³-hybridized carbons (Fsp3) is 0.320. The van der Waals surface area contributed by atoms with Gasteiger partial charge in [-0.25, -0.2) is 9.47 Å². The third-order valence-corrected chi connectivity index (χ3v) is 6.72. The van der Waals surface area contributed by atoms with Crippen LogP contribution in [0.25, 0.3) is 11.3 Å². The molecule has 0 bridgehead atoms. The predicted molar refractivity (Wildman–Crippen MR) is 126 cm³/mol. The van der Waals surface area contributed by atoms with Gasteiger partial charge in [0.15, 0.2) is 0 Å². The Morgan fingerprint density at radius 2 is 1.77 bits per heavy atom. The first-order chi connectivity index (χ1) is 15.2. The molecule has 31 heavy (non-hydrogen) atoms. The largest absolute Gasteiger partial charge is 0.465 e. The summed E-state index contributed by atoms with van der Waals surface area (Å²) in [6.07, 6.45) is 8.44. The van der Waals surface area contributed by atoms with Gasteiger partial charge in [0.05, 0.1) is 24.6 Å². The SMILES string of the molecule is CN=c1scc(-c2ccc(C3CCCCC3)cc2)n1/N=C/c1ccc(C(=O)OC)cc1. The Hall–Kier alpha value is -2.99. The molecule has 1 aliphatic carbocycles. The van der Waals surface area contributed by atoms with Crippen LogP contribution >= 0.6 is 11.3 Å². The molecule has 4 rings (SSSR count). The van der Waals surface area contributed by atoms with E-state index in [4.69, 9.17) is 4.74 Å². The third-order valence-electron chi connectivity index (χ3n) is 5.81. The molecule has 0 N–H and O–H groups in total. The second-order valence-electron chi connectivity index (χ2n) is 7.75. The summed E-state index contributed by atoms with van der Waals surface area (Å²) < 4.78 is 6.62. The molecule has 1 fully saturated rings. The Morgan fingerprint density at radius 1 is 1.06 bits per heavy atom. The quantitative estimate of drug-likeness (QED) is 0.396. The van der Waals surface area contributed by atoms with E-state index in [1.807, 2.05) is 16.8 Å². The molecule has 3 aromatic rings. The van der Waals surface area contributed by atoms with Crippen molar-refractivity contribution >= 4 is 23.5 Å². The van der Waals surface area contributed by atoms with Gasteiger partial charge in [0, 0.05) is 18.0 Å². The lowest BCUT2D eigenvalue weighted by atomic mass is 9.84. The summed E-state index contributed by atoms with van der Waals surface area (Å²) in [7, 11) is 3.16. The number of methoxy groups -OCH3 is 1. The lowest BCUT2D eigenvalue weighted by Gasteiger charge is -2.22. The number of hydrogen-bond acceptors (Lipinski definition) is 5. The molecule has 0 atom stereocenters. The zero-order valence-corrected chi connectivity index (χ0v) is 18.8. The van der Waals surface area contributed by atoms with E-state index < -0.39 is 0 Å². The first-order valence-electron chi connectivity index (χ1n) is 10.7. The molecule has 0 saturated heterocycles. The minimum atomic E-state index is -0.346. The number of benzene rings is 2. The van der Waals surface area contributed by atoms with Gasteiger partial charge in [-0.15, -0.1) is 11.3 Å². The number of hydrogen-bond donors (Lipinski definition) is 0. The molecule has 6 heteroatoms. The molecule has 0 unspecified atom stereocenters. The predicted octanol–water partition coefficient (Wildman–Crippen LogP) is 5.46. The molecule has 1 aromatic heterocycles. The average Bonchev–Trinajstić information content (AvgIpc) is 3.26. The van der Waals surface area contributed by atoms with E-state index in [1.54, 1.807) is 36.7 Å². The van der Waals surface area contributed by atoms with E-state index in [-0.39, 0.29) is 5.97 Å². The molecule has 160 valence electrons. The molecule has 0 radical (unpaired) electrons. The van der Waals surface area contributed by atoms with Crippen LogP contribution in [0.3, 0.4) is 0 Å². The standard InChI is InChI=1S/C25H27N3O2S/c1-26-25-28(27-16-18-8-10-22(11-9-18)24(29)30-2)23(17-31-25)21-14-12-20(13-15-21)19-6-4-3-5-7-19/h8-17,19H,3-7H2,1-2H3/b26-25?,27-16+. The first kappa shape index (κ1) is 21.2. The molecule has 0 amide bonds. The first-order valence-corrected chi connectivity index (χ1v) is 11.5. The number of carbonyl (C=O) groups is 1. The maximum atomic E-state index is 11.6. The normalized spacial score (nSPS) is 15.5. The Kier molecular flexibility index (Phi) is 6.77. The van der Waals surface area contributed by atoms with E-state index in [0.29, 0.717) is 11.5 Å². The van der Waals surface area contributed by atoms with Crippen molar-refractivity contribution in [2.45, 2.75) is 38.0 Å². The van der Waals surface area contributed by atoms with Gasteiger partial charge >= 0.3 is 5.97 Å². The molecule has 1 aliphatic rings. The Bertz CT molecular complexity index is 1120. The number of thiazole rings is 1. The molecule has 5 nitrogen and oxygen atoms in total. The van der Waals surface area contributed by atoms with Crippen molar-refractivity contribution in [1.29, 1.82) is 0 Å². The fourth-order valence-electron chi connectivity index (χ4n) is 4.07. The smallest absolute Gasteiger partial charge is 0.337 e. The summed E-state index contributed by atoms with van der Waals surface area (Å²) in [5.74, 6) is 0.353. The summed E-state index contributed by atoms with van der Waals surface area (Å²) in [6, 6.07) is 16.1. The second kappa shape index (κ2) is 9.88. The van der Waals surface area contributed by atoms with Crippen LogP contribution in [-0.2, 0) is 4.74 Å². The lowest BCUT2D eigenvalue weighted by molar-refractivity contribution is 0.0600. The monoisotopic (exact) mass is 433 g/mol. The van der Waals surface area contributed by atoms with Crippen molar-refractivity contribution in [1.82, 2.24) is 4.68 Å². The number of rotatable bonds is 5. The van der Waals surface area contributed by atoms with Crippen LogP contribution in [0.2, 0.25) is 0 Å². The van der Waals surface area contributed by atoms with E-state index >= 15 is 0 Å². The van der Waals surface area contributed by atoms with Crippen molar-refractivity contribution in [2.75, 3.05) is 14.2 Å². The molecular weight excluding hydrogens is 406 g/mol. The van der Waals surface area contributed by atoms with Crippen LogP contribution in [0.5, 0.6) is 0 Å². The van der Waals surface area contributed by atoms with Crippen LogP contribution in [-0.4, -0.2) is 31.0 Å². The van der Waals surface area contributed by atoms with Crippen molar-refractivity contribution < 1.29 is 9.53 Å².